The van der Waals surface area contributed by atoms with Gasteiger partial charge in [-0.3, -0.25) is 0 Å². The van der Waals surface area contributed by atoms with E-state index in [1.807, 2.05) is 0 Å². The number of rotatable bonds is 5. The van der Waals surface area contributed by atoms with Gasteiger partial charge in [0.05, 0.1) is 5.39 Å². The summed E-state index contributed by atoms with van der Waals surface area (Å²) in [6.07, 6.45) is 5.34. The van der Waals surface area contributed by atoms with Crippen LogP contribution in [-0.2, 0) is 0 Å². The van der Waals surface area contributed by atoms with Gasteiger partial charge < -0.3 is 5.32 Å². The molecule has 0 saturated carbocycles. The molecule has 18 heavy (non-hydrogen) atoms. The van der Waals surface area contributed by atoms with Gasteiger partial charge in [-0.2, -0.15) is 0 Å². The zero-order valence-electron chi connectivity index (χ0n) is 11.6. The highest BCUT2D eigenvalue weighted by atomic mass is 32.1. The van der Waals surface area contributed by atoms with E-state index in [1.165, 1.54) is 35.1 Å². The number of anilines is 1. The molecule has 1 N–H and O–H groups in total. The van der Waals surface area contributed by atoms with E-state index < -0.39 is 0 Å². The van der Waals surface area contributed by atoms with Crippen molar-refractivity contribution in [1.29, 1.82) is 0 Å². The summed E-state index contributed by atoms with van der Waals surface area (Å²) in [6, 6.07) is 0.461. The lowest BCUT2D eigenvalue weighted by atomic mass is 10.1. The summed E-state index contributed by atoms with van der Waals surface area (Å²) in [6.45, 7) is 8.74. The molecule has 0 aliphatic carbocycles. The number of thiophene rings is 1. The largest absolute Gasteiger partial charge is 0.367 e. The van der Waals surface area contributed by atoms with Crippen molar-refractivity contribution in [2.75, 3.05) is 5.32 Å². The van der Waals surface area contributed by atoms with Crippen LogP contribution in [0.4, 0.5) is 5.82 Å². The summed E-state index contributed by atoms with van der Waals surface area (Å²) in [5.74, 6) is 0.991. The second-order valence-corrected chi connectivity index (χ2v) is 6.08. The molecule has 2 rings (SSSR count). The van der Waals surface area contributed by atoms with Crippen molar-refractivity contribution in [1.82, 2.24) is 9.97 Å². The number of hydrogen-bond acceptors (Lipinski definition) is 4. The van der Waals surface area contributed by atoms with Crippen LogP contribution < -0.4 is 5.32 Å². The predicted octanol–water partition coefficient (Wildman–Crippen LogP) is 4.30. The van der Waals surface area contributed by atoms with Crippen LogP contribution in [0.2, 0.25) is 0 Å². The molecule has 1 atom stereocenters. The quantitative estimate of drug-likeness (QED) is 0.874. The Bertz CT molecular complexity index is 533. The highest BCUT2D eigenvalue weighted by Crippen LogP contribution is 2.32. The molecule has 3 nitrogen and oxygen atoms in total. The average Bonchev–Trinajstić information content (AvgIpc) is 2.64. The summed E-state index contributed by atoms with van der Waals surface area (Å²) >= 11 is 1.75. The van der Waals surface area contributed by atoms with Crippen molar-refractivity contribution in [3.05, 3.63) is 16.8 Å². The molecular formula is C14H21N3S. The smallest absolute Gasteiger partial charge is 0.138 e. The number of aryl methyl sites for hydroxylation is 2. The molecule has 2 heterocycles. The van der Waals surface area contributed by atoms with Gasteiger partial charge >= 0.3 is 0 Å². The molecule has 4 heteroatoms. The highest BCUT2D eigenvalue weighted by Gasteiger charge is 2.13. The Kier molecular flexibility index (Phi) is 4.17. The fourth-order valence-corrected chi connectivity index (χ4v) is 3.10. The third-order valence-corrected chi connectivity index (χ3v) is 4.45. The summed E-state index contributed by atoms with van der Waals surface area (Å²) < 4.78 is 0. The first-order valence-electron chi connectivity index (χ1n) is 6.60. The van der Waals surface area contributed by atoms with Crippen molar-refractivity contribution in [3.63, 3.8) is 0 Å². The van der Waals surface area contributed by atoms with Crippen molar-refractivity contribution in [2.24, 2.45) is 0 Å². The first kappa shape index (κ1) is 13.3. The van der Waals surface area contributed by atoms with Crippen LogP contribution in [0.5, 0.6) is 0 Å². The van der Waals surface area contributed by atoms with E-state index in [2.05, 4.69) is 43.0 Å². The minimum Gasteiger partial charge on any atom is -0.367 e. The van der Waals surface area contributed by atoms with Gasteiger partial charge in [0, 0.05) is 10.9 Å². The number of hydrogen-bond donors (Lipinski definition) is 1. The van der Waals surface area contributed by atoms with E-state index >= 15 is 0 Å². The van der Waals surface area contributed by atoms with Gasteiger partial charge in [0.15, 0.2) is 0 Å². The Balaban J connectivity index is 2.27. The molecule has 0 fully saturated rings. The van der Waals surface area contributed by atoms with Crippen LogP contribution in [-0.4, -0.2) is 16.0 Å². The molecule has 0 radical (unpaired) electrons. The second kappa shape index (κ2) is 5.65. The minimum atomic E-state index is 0.461. The van der Waals surface area contributed by atoms with Crippen molar-refractivity contribution in [2.45, 2.75) is 53.0 Å². The lowest BCUT2D eigenvalue weighted by molar-refractivity contribution is 0.643. The first-order valence-corrected chi connectivity index (χ1v) is 7.42. The number of nitrogens with one attached hydrogen (secondary N) is 1. The van der Waals surface area contributed by atoms with E-state index in [1.54, 1.807) is 17.7 Å². The van der Waals surface area contributed by atoms with Crippen LogP contribution in [0.15, 0.2) is 6.33 Å². The maximum Gasteiger partial charge on any atom is 0.138 e. The molecule has 0 saturated heterocycles. The molecule has 1 unspecified atom stereocenters. The molecule has 0 amide bonds. The first-order chi connectivity index (χ1) is 8.63. The Morgan fingerprint density at radius 3 is 2.83 bits per heavy atom. The maximum atomic E-state index is 4.41. The molecule has 2 aromatic rings. The predicted molar refractivity (Wildman–Crippen MR) is 79.5 cm³/mol. The minimum absolute atomic E-state index is 0.461. The Labute approximate surface area is 113 Å². The summed E-state index contributed by atoms with van der Waals surface area (Å²) in [7, 11) is 0. The molecule has 0 bridgehead atoms. The summed E-state index contributed by atoms with van der Waals surface area (Å²) in [4.78, 5) is 11.2. The zero-order chi connectivity index (χ0) is 13.1. The van der Waals surface area contributed by atoms with Crippen LogP contribution in [0, 0.1) is 13.8 Å². The van der Waals surface area contributed by atoms with E-state index in [-0.39, 0.29) is 0 Å². The molecule has 98 valence electrons. The number of fused-ring (bicyclic) bond motifs is 1. The normalized spacial score (nSPS) is 12.9. The van der Waals surface area contributed by atoms with Gasteiger partial charge in [0.2, 0.25) is 0 Å². The molecule has 2 aromatic heterocycles. The highest BCUT2D eigenvalue weighted by molar-refractivity contribution is 7.18. The fourth-order valence-electron chi connectivity index (χ4n) is 2.11. The molecule has 0 spiro atoms. The van der Waals surface area contributed by atoms with E-state index in [9.17, 15) is 0 Å². The van der Waals surface area contributed by atoms with Gasteiger partial charge in [0.1, 0.15) is 17.0 Å². The van der Waals surface area contributed by atoms with Gasteiger partial charge in [0.25, 0.3) is 0 Å². The lowest BCUT2D eigenvalue weighted by Crippen LogP contribution is -2.16. The SMILES string of the molecule is CCCCC(C)Nc1ncnc2sc(C)c(C)c12. The van der Waals surface area contributed by atoms with Gasteiger partial charge in [-0.15, -0.1) is 11.3 Å². The van der Waals surface area contributed by atoms with Gasteiger partial charge in [-0.1, -0.05) is 19.8 Å². The monoisotopic (exact) mass is 263 g/mol. The fraction of sp³-hybridized carbons (Fsp3) is 0.571. The number of nitrogens with zero attached hydrogens (tertiary/aromatic N) is 2. The zero-order valence-corrected chi connectivity index (χ0v) is 12.4. The van der Waals surface area contributed by atoms with Gasteiger partial charge in [-0.05, 0) is 32.8 Å². The molecular weight excluding hydrogens is 242 g/mol. The number of aromatic nitrogens is 2. The average molecular weight is 263 g/mol. The standard InChI is InChI=1S/C14H21N3S/c1-5-6-7-9(2)17-13-12-10(3)11(4)18-14(12)16-8-15-13/h8-9H,5-7H2,1-4H3,(H,15,16,17). The van der Waals surface area contributed by atoms with Crippen molar-refractivity contribution >= 4 is 27.4 Å². The Morgan fingerprint density at radius 1 is 1.33 bits per heavy atom. The van der Waals surface area contributed by atoms with Crippen LogP contribution in [0.25, 0.3) is 10.2 Å². The third-order valence-electron chi connectivity index (χ3n) is 3.34. The molecule has 0 aliphatic heterocycles. The Morgan fingerprint density at radius 2 is 2.11 bits per heavy atom. The topological polar surface area (TPSA) is 37.8 Å². The Hall–Kier alpha value is -1.16. The molecule has 0 aromatic carbocycles. The summed E-state index contributed by atoms with van der Waals surface area (Å²) in [5, 5.41) is 4.73. The summed E-state index contributed by atoms with van der Waals surface area (Å²) in [5.41, 5.74) is 1.31. The molecule has 0 aliphatic rings. The van der Waals surface area contributed by atoms with Crippen LogP contribution in [0.3, 0.4) is 0 Å². The van der Waals surface area contributed by atoms with E-state index in [0.29, 0.717) is 6.04 Å². The van der Waals surface area contributed by atoms with Crippen molar-refractivity contribution in [3.8, 4) is 0 Å². The van der Waals surface area contributed by atoms with Gasteiger partial charge in [-0.25, -0.2) is 9.97 Å². The van der Waals surface area contributed by atoms with E-state index in [4.69, 9.17) is 0 Å². The maximum absolute atomic E-state index is 4.41. The second-order valence-electron chi connectivity index (χ2n) is 4.87. The van der Waals surface area contributed by atoms with Crippen LogP contribution in [0.1, 0.15) is 43.6 Å². The lowest BCUT2D eigenvalue weighted by Gasteiger charge is -2.14. The van der Waals surface area contributed by atoms with E-state index in [0.717, 1.165) is 10.6 Å². The van der Waals surface area contributed by atoms with Crippen molar-refractivity contribution < 1.29 is 0 Å². The number of unbranched alkanes of at least 4 members (excludes halogenated alkanes) is 1. The third kappa shape index (κ3) is 2.64. The van der Waals surface area contributed by atoms with Crippen LogP contribution >= 0.6 is 11.3 Å².